The molecule has 1 heterocycles. The number of carbonyl (C=O) groups excluding carboxylic acids is 1. The van der Waals surface area contributed by atoms with Gasteiger partial charge in [0.2, 0.25) is 0 Å². The fraction of sp³-hybridized carbons (Fsp3) is 0.333. The first kappa shape index (κ1) is 12.8. The monoisotopic (exact) mass is 294 g/mol. The lowest BCUT2D eigenvalue weighted by Crippen LogP contribution is -2.13. The first-order valence-corrected chi connectivity index (χ1v) is 5.17. The van der Waals surface area contributed by atoms with Gasteiger partial charge in [-0.15, -0.1) is 0 Å². The average molecular weight is 295 g/mol. The number of hydrogen-bond donors (Lipinski definition) is 1. The third-order valence-corrected chi connectivity index (χ3v) is 2.43. The van der Waals surface area contributed by atoms with Crippen molar-refractivity contribution < 1.29 is 18.3 Å². The second kappa shape index (κ2) is 5.20. The zero-order valence-electron chi connectivity index (χ0n) is 8.34. The number of alkyl halides is 2. The van der Waals surface area contributed by atoms with Crippen molar-refractivity contribution in [1.82, 2.24) is 4.98 Å². The highest BCUT2D eigenvalue weighted by Gasteiger charge is 2.25. The SMILES string of the molecule is CCOC(=O)c1c(N)cnc(Br)c1C(F)F. The lowest BCUT2D eigenvalue weighted by Gasteiger charge is -2.11. The van der Waals surface area contributed by atoms with Crippen LogP contribution < -0.4 is 5.73 Å². The molecule has 0 bridgehead atoms. The molecule has 0 amide bonds. The number of anilines is 1. The van der Waals surface area contributed by atoms with Gasteiger partial charge in [-0.2, -0.15) is 0 Å². The molecule has 1 aromatic rings. The molecule has 2 N–H and O–H groups in total. The maximum Gasteiger partial charge on any atom is 0.340 e. The smallest absolute Gasteiger partial charge is 0.340 e. The quantitative estimate of drug-likeness (QED) is 0.687. The molecule has 0 aliphatic heterocycles. The number of aromatic nitrogens is 1. The van der Waals surface area contributed by atoms with Gasteiger partial charge in [0.15, 0.2) is 0 Å². The Morgan fingerprint density at radius 1 is 1.69 bits per heavy atom. The van der Waals surface area contributed by atoms with E-state index in [1.54, 1.807) is 6.92 Å². The normalized spacial score (nSPS) is 10.6. The number of halogens is 3. The third kappa shape index (κ3) is 2.46. The lowest BCUT2D eigenvalue weighted by atomic mass is 10.1. The molecule has 0 radical (unpaired) electrons. The molecule has 0 unspecified atom stereocenters. The zero-order valence-corrected chi connectivity index (χ0v) is 9.92. The van der Waals surface area contributed by atoms with Gasteiger partial charge in [-0.3, -0.25) is 0 Å². The summed E-state index contributed by atoms with van der Waals surface area (Å²) < 4.78 is 30.0. The van der Waals surface area contributed by atoms with E-state index in [0.29, 0.717) is 0 Å². The van der Waals surface area contributed by atoms with Crippen LogP contribution in [0, 0.1) is 0 Å². The molecule has 0 aliphatic carbocycles. The summed E-state index contributed by atoms with van der Waals surface area (Å²) in [6, 6.07) is 0. The summed E-state index contributed by atoms with van der Waals surface area (Å²) in [4.78, 5) is 15.1. The van der Waals surface area contributed by atoms with E-state index in [1.807, 2.05) is 0 Å². The van der Waals surface area contributed by atoms with E-state index in [4.69, 9.17) is 5.73 Å². The number of esters is 1. The molecule has 0 aromatic carbocycles. The van der Waals surface area contributed by atoms with Gasteiger partial charge >= 0.3 is 5.97 Å². The molecular weight excluding hydrogens is 286 g/mol. The number of nitrogens with zero attached hydrogens (tertiary/aromatic N) is 1. The fourth-order valence-corrected chi connectivity index (χ4v) is 1.62. The van der Waals surface area contributed by atoms with Crippen molar-refractivity contribution in [3.8, 4) is 0 Å². The molecule has 88 valence electrons. The number of nitrogens with two attached hydrogens (primary N) is 1. The minimum absolute atomic E-state index is 0.0842. The molecule has 0 spiro atoms. The van der Waals surface area contributed by atoms with Crippen LogP contribution in [0.25, 0.3) is 0 Å². The standard InChI is InChI=1S/C9H9BrF2N2O2/c1-2-16-9(15)5-4(13)3-14-7(10)6(5)8(11)12/h3,8H,2,13H2,1H3. The first-order valence-electron chi connectivity index (χ1n) is 4.38. The molecule has 0 saturated heterocycles. The number of carbonyl (C=O) groups is 1. The topological polar surface area (TPSA) is 65.2 Å². The van der Waals surface area contributed by atoms with E-state index in [9.17, 15) is 13.6 Å². The maximum atomic E-state index is 12.7. The van der Waals surface area contributed by atoms with E-state index in [0.717, 1.165) is 6.20 Å². The van der Waals surface area contributed by atoms with Crippen molar-refractivity contribution in [3.63, 3.8) is 0 Å². The maximum absolute atomic E-state index is 12.7. The highest BCUT2D eigenvalue weighted by Crippen LogP contribution is 2.32. The second-order valence-electron chi connectivity index (χ2n) is 2.81. The number of hydrogen-bond acceptors (Lipinski definition) is 4. The van der Waals surface area contributed by atoms with Crippen molar-refractivity contribution in [1.29, 1.82) is 0 Å². The minimum atomic E-state index is -2.86. The molecule has 0 fully saturated rings. The second-order valence-corrected chi connectivity index (χ2v) is 3.57. The predicted octanol–water partition coefficient (Wildman–Crippen LogP) is 2.54. The number of pyridine rings is 1. The van der Waals surface area contributed by atoms with Crippen molar-refractivity contribution in [2.24, 2.45) is 0 Å². The first-order chi connectivity index (χ1) is 7.49. The Hall–Kier alpha value is -1.24. The van der Waals surface area contributed by atoms with E-state index >= 15 is 0 Å². The van der Waals surface area contributed by atoms with Crippen LogP contribution in [-0.2, 0) is 4.74 Å². The Bertz CT molecular complexity index is 413. The van der Waals surface area contributed by atoms with E-state index in [1.165, 1.54) is 0 Å². The van der Waals surface area contributed by atoms with Crippen LogP contribution in [0.1, 0.15) is 29.3 Å². The summed E-state index contributed by atoms with van der Waals surface area (Å²) >= 11 is 2.85. The van der Waals surface area contributed by atoms with Crippen LogP contribution in [0.3, 0.4) is 0 Å². The number of ether oxygens (including phenoxy) is 1. The van der Waals surface area contributed by atoms with Crippen LogP contribution in [-0.4, -0.2) is 17.6 Å². The minimum Gasteiger partial charge on any atom is -0.462 e. The Balaban J connectivity index is 3.34. The molecular formula is C9H9BrF2N2O2. The Kier molecular flexibility index (Phi) is 4.17. The highest BCUT2D eigenvalue weighted by molar-refractivity contribution is 9.10. The fourth-order valence-electron chi connectivity index (χ4n) is 1.15. The van der Waals surface area contributed by atoms with Gasteiger partial charge < -0.3 is 10.5 Å². The predicted molar refractivity (Wildman–Crippen MR) is 57.3 cm³/mol. The molecule has 0 atom stereocenters. The van der Waals surface area contributed by atoms with Gasteiger partial charge in [0.05, 0.1) is 29.6 Å². The van der Waals surface area contributed by atoms with Gasteiger partial charge in [-0.05, 0) is 22.9 Å². The van der Waals surface area contributed by atoms with Crippen LogP contribution in [0.2, 0.25) is 0 Å². The summed E-state index contributed by atoms with van der Waals surface area (Å²) in [5.41, 5.74) is 4.44. The summed E-state index contributed by atoms with van der Waals surface area (Å²) in [7, 11) is 0. The summed E-state index contributed by atoms with van der Waals surface area (Å²) in [6.07, 6.45) is -1.73. The molecule has 0 saturated carbocycles. The molecule has 1 rings (SSSR count). The van der Waals surface area contributed by atoms with Crippen molar-refractivity contribution in [3.05, 3.63) is 21.9 Å². The van der Waals surface area contributed by atoms with Crippen LogP contribution in [0.5, 0.6) is 0 Å². The van der Waals surface area contributed by atoms with Gasteiger partial charge in [0, 0.05) is 0 Å². The van der Waals surface area contributed by atoms with Gasteiger partial charge in [-0.25, -0.2) is 18.6 Å². The summed E-state index contributed by atoms with van der Waals surface area (Å²) in [5, 5.41) is 0. The molecule has 4 nitrogen and oxygen atoms in total. The van der Waals surface area contributed by atoms with Crippen LogP contribution >= 0.6 is 15.9 Å². The summed E-state index contributed by atoms with van der Waals surface area (Å²) in [5.74, 6) is -0.876. The van der Waals surface area contributed by atoms with Crippen molar-refractivity contribution >= 4 is 27.6 Å². The zero-order chi connectivity index (χ0) is 12.3. The Labute approximate surface area is 98.9 Å². The van der Waals surface area contributed by atoms with Crippen LogP contribution in [0.4, 0.5) is 14.5 Å². The lowest BCUT2D eigenvalue weighted by molar-refractivity contribution is 0.0516. The number of rotatable bonds is 3. The Morgan fingerprint density at radius 2 is 2.31 bits per heavy atom. The van der Waals surface area contributed by atoms with E-state index in [2.05, 4.69) is 25.7 Å². The van der Waals surface area contributed by atoms with Gasteiger partial charge in [0.1, 0.15) is 4.60 Å². The van der Waals surface area contributed by atoms with Gasteiger partial charge in [0.25, 0.3) is 6.43 Å². The highest BCUT2D eigenvalue weighted by atomic mass is 79.9. The molecule has 16 heavy (non-hydrogen) atoms. The molecule has 1 aromatic heterocycles. The third-order valence-electron chi connectivity index (χ3n) is 1.80. The number of nitrogen functional groups attached to an aromatic ring is 1. The van der Waals surface area contributed by atoms with E-state index < -0.39 is 18.0 Å². The largest absolute Gasteiger partial charge is 0.462 e. The molecule has 0 aliphatic rings. The Morgan fingerprint density at radius 3 is 2.81 bits per heavy atom. The van der Waals surface area contributed by atoms with E-state index in [-0.39, 0.29) is 22.5 Å². The van der Waals surface area contributed by atoms with Crippen molar-refractivity contribution in [2.45, 2.75) is 13.3 Å². The van der Waals surface area contributed by atoms with Crippen molar-refractivity contribution in [2.75, 3.05) is 12.3 Å². The summed E-state index contributed by atoms with van der Waals surface area (Å²) in [6.45, 7) is 1.66. The van der Waals surface area contributed by atoms with Crippen LogP contribution in [0.15, 0.2) is 10.8 Å². The molecule has 7 heteroatoms. The van der Waals surface area contributed by atoms with Gasteiger partial charge in [-0.1, -0.05) is 0 Å². The average Bonchev–Trinajstić information content (AvgIpc) is 2.20.